The van der Waals surface area contributed by atoms with Gasteiger partial charge in [0.1, 0.15) is 0 Å². The van der Waals surface area contributed by atoms with Gasteiger partial charge in [0.2, 0.25) is 11.8 Å². The van der Waals surface area contributed by atoms with E-state index in [0.29, 0.717) is 57.5 Å². The molecule has 3 fully saturated rings. The van der Waals surface area contributed by atoms with Crippen LogP contribution in [-0.4, -0.2) is 79.0 Å². The van der Waals surface area contributed by atoms with Gasteiger partial charge in [0.15, 0.2) is 20.1 Å². The normalized spacial score (nSPS) is 20.4. The number of nitrogens with one attached hydrogen (secondary N) is 2. The minimum atomic E-state index is -3.35. The van der Waals surface area contributed by atoms with E-state index in [9.17, 15) is 27.2 Å². The third-order valence-electron chi connectivity index (χ3n) is 7.68. The first kappa shape index (κ1) is 27.5. The van der Waals surface area contributed by atoms with Crippen molar-refractivity contribution in [2.75, 3.05) is 38.0 Å². The van der Waals surface area contributed by atoms with Gasteiger partial charge < -0.3 is 20.4 Å². The Morgan fingerprint density at radius 1 is 1.08 bits per heavy atom. The van der Waals surface area contributed by atoms with Crippen molar-refractivity contribution in [2.24, 2.45) is 11.8 Å². The lowest BCUT2D eigenvalue weighted by Crippen LogP contribution is -2.54. The molecular weight excluding hydrogens is 545 g/mol. The number of rotatable bonds is 9. The maximum Gasteiger partial charge on any atom is 0.317 e. The maximum absolute atomic E-state index is 13.5. The number of nitrogens with zero attached hydrogens (tertiary/aromatic N) is 3. The van der Waals surface area contributed by atoms with E-state index in [0.717, 1.165) is 24.0 Å². The third kappa shape index (κ3) is 6.40. The minimum absolute atomic E-state index is 0.0396. The number of thiazole rings is 1. The number of sulfone groups is 1. The van der Waals surface area contributed by atoms with Crippen LogP contribution in [0.4, 0.5) is 14.3 Å². The number of likely N-dealkylation sites (tertiary alicyclic amines) is 2. The molecule has 5 rings (SSSR count). The molecule has 2 aliphatic heterocycles. The van der Waals surface area contributed by atoms with Gasteiger partial charge in [-0.25, -0.2) is 18.2 Å². The average Bonchev–Trinajstić information content (AvgIpc) is 3.51. The first-order chi connectivity index (χ1) is 18.6. The number of amides is 4. The molecule has 2 N–H and O–H groups in total. The Kier molecular flexibility index (Phi) is 7.90. The zero-order valence-electron chi connectivity index (χ0n) is 21.6. The van der Waals surface area contributed by atoms with Crippen LogP contribution in [0.3, 0.4) is 0 Å². The summed E-state index contributed by atoms with van der Waals surface area (Å²) >= 11 is 0.736. The van der Waals surface area contributed by atoms with Crippen molar-refractivity contribution in [3.05, 3.63) is 41.2 Å². The first-order valence-electron chi connectivity index (χ1n) is 13.1. The number of carbonyl (C=O) groups excluding carboxylic acids is 3. The molecule has 1 aliphatic carbocycles. The molecule has 2 atom stereocenters. The lowest BCUT2D eigenvalue weighted by molar-refractivity contribution is -0.134. The Labute approximate surface area is 230 Å². The predicted octanol–water partition coefficient (Wildman–Crippen LogP) is 2.84. The number of urea groups is 1. The van der Waals surface area contributed by atoms with Crippen LogP contribution in [0.1, 0.15) is 44.1 Å². The molecule has 0 radical (unpaired) electrons. The Hall–Kier alpha value is -3.06. The number of halogens is 1. The van der Waals surface area contributed by atoms with Crippen LogP contribution >= 0.6 is 11.3 Å². The predicted molar refractivity (Wildman–Crippen MR) is 144 cm³/mol. The van der Waals surface area contributed by atoms with Crippen molar-refractivity contribution in [3.8, 4) is 0 Å². The standard InChI is InChI=1S/C26H32FN5O5S2/c1-16(33)32-14-18(15-32)11-29-26(35)31-9-8-17(13-31)10-22(24(34)30-25-28-12-23(27)38-25)19-2-4-20(5-3-19)39(36,37)21-6-7-21/h2-5,12,17-18,21-22H,6-11,13-15H2,1H3,(H,29,35)(H,28,30,34)/t17-,22-/m1/s1. The molecule has 3 aliphatic rings. The van der Waals surface area contributed by atoms with Gasteiger partial charge in [-0.1, -0.05) is 23.5 Å². The van der Waals surface area contributed by atoms with Gasteiger partial charge in [0, 0.05) is 45.6 Å². The SMILES string of the molecule is CC(=O)N1CC(CNC(=O)N2CC[C@H](C[C@@H](C(=O)Nc3ncc(F)s3)c3ccc(S(=O)(=O)C4CC4)cc3)C2)C1. The summed E-state index contributed by atoms with van der Waals surface area (Å²) in [6.07, 6.45) is 3.54. The zero-order valence-corrected chi connectivity index (χ0v) is 23.3. The Bertz CT molecular complexity index is 1340. The quantitative estimate of drug-likeness (QED) is 0.472. The largest absolute Gasteiger partial charge is 0.342 e. The molecule has 39 heavy (non-hydrogen) atoms. The second-order valence-electron chi connectivity index (χ2n) is 10.6. The van der Waals surface area contributed by atoms with Crippen molar-refractivity contribution in [1.29, 1.82) is 0 Å². The molecule has 0 bridgehead atoms. The summed E-state index contributed by atoms with van der Waals surface area (Å²) in [5.74, 6) is -0.643. The van der Waals surface area contributed by atoms with Gasteiger partial charge >= 0.3 is 6.03 Å². The number of anilines is 1. The van der Waals surface area contributed by atoms with Crippen molar-refractivity contribution in [3.63, 3.8) is 0 Å². The number of carbonyl (C=O) groups is 3. The second-order valence-corrected chi connectivity index (χ2v) is 13.8. The minimum Gasteiger partial charge on any atom is -0.342 e. The van der Waals surface area contributed by atoms with E-state index in [2.05, 4.69) is 15.6 Å². The van der Waals surface area contributed by atoms with E-state index in [-0.39, 0.29) is 45.0 Å². The van der Waals surface area contributed by atoms with E-state index in [1.54, 1.807) is 34.1 Å². The molecule has 0 unspecified atom stereocenters. The van der Waals surface area contributed by atoms with Gasteiger partial charge in [-0.3, -0.25) is 9.59 Å². The zero-order chi connectivity index (χ0) is 27.7. The highest BCUT2D eigenvalue weighted by atomic mass is 32.2. The molecule has 2 aromatic rings. The monoisotopic (exact) mass is 577 g/mol. The highest BCUT2D eigenvalue weighted by molar-refractivity contribution is 7.92. The van der Waals surface area contributed by atoms with E-state index in [1.165, 1.54) is 6.92 Å². The molecule has 0 spiro atoms. The molecule has 1 aromatic heterocycles. The van der Waals surface area contributed by atoms with Crippen LogP contribution in [0.15, 0.2) is 35.4 Å². The van der Waals surface area contributed by atoms with Crippen LogP contribution in [0.5, 0.6) is 0 Å². The van der Waals surface area contributed by atoms with Crippen molar-refractivity contribution in [2.45, 2.75) is 48.7 Å². The van der Waals surface area contributed by atoms with Gasteiger partial charge in [-0.15, -0.1) is 0 Å². The fourth-order valence-corrected chi connectivity index (χ4v) is 7.41. The summed E-state index contributed by atoms with van der Waals surface area (Å²) < 4.78 is 38.7. The number of hydrogen-bond donors (Lipinski definition) is 2. The average molecular weight is 578 g/mol. The summed E-state index contributed by atoms with van der Waals surface area (Å²) in [5.41, 5.74) is 0.655. The van der Waals surface area contributed by atoms with Gasteiger partial charge in [0.05, 0.1) is 22.3 Å². The highest BCUT2D eigenvalue weighted by Gasteiger charge is 2.37. The van der Waals surface area contributed by atoms with Gasteiger partial charge in [0.25, 0.3) is 0 Å². The molecule has 3 heterocycles. The molecule has 1 aromatic carbocycles. The van der Waals surface area contributed by atoms with Crippen LogP contribution < -0.4 is 10.6 Å². The topological polar surface area (TPSA) is 129 Å². The summed E-state index contributed by atoms with van der Waals surface area (Å²) in [7, 11) is -3.35. The summed E-state index contributed by atoms with van der Waals surface area (Å²) in [6, 6.07) is 6.28. The van der Waals surface area contributed by atoms with Gasteiger partial charge in [-0.05, 0) is 49.3 Å². The van der Waals surface area contributed by atoms with Gasteiger partial charge in [-0.2, -0.15) is 4.39 Å². The van der Waals surface area contributed by atoms with Crippen LogP contribution in [0.2, 0.25) is 0 Å². The highest BCUT2D eigenvalue weighted by Crippen LogP contribution is 2.35. The van der Waals surface area contributed by atoms with Crippen LogP contribution in [0, 0.1) is 17.0 Å². The second kappa shape index (κ2) is 11.2. The molecule has 2 saturated heterocycles. The molecular formula is C26H32FN5O5S2. The fourth-order valence-electron chi connectivity index (χ4n) is 5.20. The molecule has 13 heteroatoms. The Morgan fingerprint density at radius 3 is 2.38 bits per heavy atom. The van der Waals surface area contributed by atoms with E-state index >= 15 is 0 Å². The van der Waals surface area contributed by atoms with Crippen molar-refractivity contribution in [1.82, 2.24) is 20.1 Å². The van der Waals surface area contributed by atoms with Crippen LogP contribution in [0.25, 0.3) is 0 Å². The van der Waals surface area contributed by atoms with Crippen LogP contribution in [-0.2, 0) is 19.4 Å². The molecule has 10 nitrogen and oxygen atoms in total. The molecule has 4 amide bonds. The fraction of sp³-hybridized carbons (Fsp3) is 0.538. The lowest BCUT2D eigenvalue weighted by Gasteiger charge is -2.38. The number of benzene rings is 1. The van der Waals surface area contributed by atoms with E-state index in [1.807, 2.05) is 0 Å². The first-order valence-corrected chi connectivity index (χ1v) is 15.5. The third-order valence-corrected chi connectivity index (χ3v) is 10.7. The Morgan fingerprint density at radius 2 is 1.77 bits per heavy atom. The number of aromatic nitrogens is 1. The molecule has 1 saturated carbocycles. The Balaban J connectivity index is 1.22. The maximum atomic E-state index is 13.5. The molecule has 210 valence electrons. The van der Waals surface area contributed by atoms with Crippen molar-refractivity contribution >= 4 is 44.2 Å². The smallest absolute Gasteiger partial charge is 0.317 e. The number of hydrogen-bond acceptors (Lipinski definition) is 7. The van der Waals surface area contributed by atoms with E-state index in [4.69, 9.17) is 0 Å². The summed E-state index contributed by atoms with van der Waals surface area (Å²) in [6.45, 7) is 4.39. The summed E-state index contributed by atoms with van der Waals surface area (Å²) in [5, 5.41) is 4.96. The van der Waals surface area contributed by atoms with E-state index < -0.39 is 20.9 Å². The summed E-state index contributed by atoms with van der Waals surface area (Å²) in [4.78, 5) is 45.0. The van der Waals surface area contributed by atoms with Crippen molar-refractivity contribution < 1.29 is 27.2 Å². The lowest BCUT2D eigenvalue weighted by atomic mass is 9.87.